The second kappa shape index (κ2) is 10.4. The van der Waals surface area contributed by atoms with Crippen LogP contribution in [-0.4, -0.2) is 37.6 Å². The largest absolute Gasteiger partial charge is 0.352 e. The summed E-state index contributed by atoms with van der Waals surface area (Å²) < 4.78 is 26.3. The molecule has 0 saturated heterocycles. The van der Waals surface area contributed by atoms with Gasteiger partial charge in [-0.1, -0.05) is 43.3 Å². The molecule has 0 aliphatic heterocycles. The number of hydrogen-bond donors (Lipinski definition) is 1. The third kappa shape index (κ3) is 6.52. The lowest BCUT2D eigenvalue weighted by molar-refractivity contribution is -0.384. The molecule has 0 spiro atoms. The molecule has 1 amide bonds. The van der Waals surface area contributed by atoms with Crippen molar-refractivity contribution < 1.29 is 18.1 Å². The number of nitrogens with one attached hydrogen (secondary N) is 1. The summed E-state index contributed by atoms with van der Waals surface area (Å²) in [7, 11) is -3.88. The Balaban J connectivity index is 2.26. The number of nitrogens with zero attached hydrogens (tertiary/aromatic N) is 2. The Labute approximate surface area is 183 Å². The molecule has 1 N–H and O–H groups in total. The van der Waals surface area contributed by atoms with Crippen molar-refractivity contribution in [2.45, 2.75) is 52.1 Å². The predicted molar refractivity (Wildman–Crippen MR) is 122 cm³/mol. The Morgan fingerprint density at radius 1 is 1.19 bits per heavy atom. The van der Waals surface area contributed by atoms with Crippen molar-refractivity contribution in [1.29, 1.82) is 0 Å². The molecule has 2 atom stereocenters. The molecule has 9 heteroatoms. The maximum Gasteiger partial charge on any atom is 0.271 e. The molecule has 0 saturated carbocycles. The molecule has 0 aromatic heterocycles. The third-order valence-electron chi connectivity index (χ3n) is 5.07. The number of anilines is 1. The zero-order valence-corrected chi connectivity index (χ0v) is 19.1. The average molecular weight is 448 g/mol. The van der Waals surface area contributed by atoms with Crippen LogP contribution >= 0.6 is 0 Å². The third-order valence-corrected chi connectivity index (χ3v) is 6.23. The van der Waals surface area contributed by atoms with Crippen LogP contribution in [0.4, 0.5) is 11.4 Å². The number of amides is 1. The Kier molecular flexibility index (Phi) is 8.15. The van der Waals surface area contributed by atoms with Crippen LogP contribution in [0.1, 0.15) is 37.8 Å². The van der Waals surface area contributed by atoms with Gasteiger partial charge in [0.15, 0.2) is 0 Å². The van der Waals surface area contributed by atoms with Gasteiger partial charge in [-0.2, -0.15) is 0 Å². The SMILES string of the molecule is CC[C@@H](C(=O)N[C@H](C)CCc1ccccc1)N(c1cc([N+](=O)[O-])ccc1C)S(C)(=O)=O. The fourth-order valence-electron chi connectivity index (χ4n) is 3.42. The Hall–Kier alpha value is -2.94. The minimum absolute atomic E-state index is 0.135. The lowest BCUT2D eigenvalue weighted by Gasteiger charge is -2.32. The normalized spacial score (nSPS) is 13.3. The maximum atomic E-state index is 13.0. The number of carbonyl (C=O) groups is 1. The van der Waals surface area contributed by atoms with Gasteiger partial charge in [0.1, 0.15) is 6.04 Å². The number of carbonyl (C=O) groups excluding carboxylic acids is 1. The van der Waals surface area contributed by atoms with E-state index in [9.17, 15) is 23.3 Å². The van der Waals surface area contributed by atoms with Crippen LogP contribution in [0.2, 0.25) is 0 Å². The van der Waals surface area contributed by atoms with Crippen LogP contribution < -0.4 is 9.62 Å². The zero-order chi connectivity index (χ0) is 23.2. The number of nitro benzene ring substituents is 1. The average Bonchev–Trinajstić information content (AvgIpc) is 2.70. The van der Waals surface area contributed by atoms with Gasteiger partial charge in [-0.15, -0.1) is 0 Å². The molecule has 0 fully saturated rings. The van der Waals surface area contributed by atoms with E-state index in [1.807, 2.05) is 37.3 Å². The van der Waals surface area contributed by atoms with Gasteiger partial charge in [-0.05, 0) is 44.2 Å². The topological polar surface area (TPSA) is 110 Å². The van der Waals surface area contributed by atoms with Crippen molar-refractivity contribution in [3.05, 3.63) is 69.8 Å². The van der Waals surface area contributed by atoms with Crippen molar-refractivity contribution in [3.63, 3.8) is 0 Å². The Bertz CT molecular complexity index is 1020. The van der Waals surface area contributed by atoms with Gasteiger partial charge in [0.25, 0.3) is 5.69 Å². The van der Waals surface area contributed by atoms with E-state index in [2.05, 4.69) is 5.32 Å². The fourth-order valence-corrected chi connectivity index (χ4v) is 4.68. The van der Waals surface area contributed by atoms with Crippen molar-refractivity contribution in [2.75, 3.05) is 10.6 Å². The number of hydrogen-bond acceptors (Lipinski definition) is 5. The standard InChI is InChI=1S/C22H29N3O5S/c1-5-20(22(26)23-17(3)12-13-18-9-7-6-8-10-18)24(31(4,29)30)21-15-19(25(27)28)14-11-16(21)2/h6-11,14-15,17,20H,5,12-13H2,1-4H3,(H,23,26)/t17-,20+/m1/s1. The van der Waals surface area contributed by atoms with Gasteiger partial charge in [0, 0.05) is 18.2 Å². The first-order valence-corrected chi connectivity index (χ1v) is 12.0. The van der Waals surface area contributed by atoms with Gasteiger partial charge in [-0.25, -0.2) is 8.42 Å². The molecule has 0 heterocycles. The molecule has 31 heavy (non-hydrogen) atoms. The lowest BCUT2D eigenvalue weighted by Crippen LogP contribution is -2.51. The van der Waals surface area contributed by atoms with Crippen molar-refractivity contribution in [1.82, 2.24) is 5.32 Å². The smallest absolute Gasteiger partial charge is 0.271 e. The Morgan fingerprint density at radius 2 is 1.84 bits per heavy atom. The predicted octanol–water partition coefficient (Wildman–Crippen LogP) is 3.59. The number of non-ortho nitro benzene ring substituents is 1. The fraction of sp³-hybridized carbons (Fsp3) is 0.409. The highest BCUT2D eigenvalue weighted by atomic mass is 32.2. The van der Waals surface area contributed by atoms with Gasteiger partial charge >= 0.3 is 0 Å². The minimum atomic E-state index is -3.88. The summed E-state index contributed by atoms with van der Waals surface area (Å²) in [5.41, 5.74) is 1.58. The second-order valence-electron chi connectivity index (χ2n) is 7.64. The second-order valence-corrected chi connectivity index (χ2v) is 9.50. The minimum Gasteiger partial charge on any atom is -0.352 e. The number of nitro groups is 1. The molecule has 0 aliphatic rings. The van der Waals surface area contributed by atoms with E-state index in [0.29, 0.717) is 12.0 Å². The van der Waals surface area contributed by atoms with Gasteiger partial charge in [0.2, 0.25) is 15.9 Å². The van der Waals surface area contributed by atoms with E-state index >= 15 is 0 Å². The molecule has 2 aromatic carbocycles. The number of aryl methyl sites for hydroxylation is 2. The van der Waals surface area contributed by atoms with E-state index in [0.717, 1.165) is 22.5 Å². The van der Waals surface area contributed by atoms with E-state index < -0.39 is 26.9 Å². The summed E-state index contributed by atoms with van der Waals surface area (Å²) in [6, 6.07) is 12.7. The van der Waals surface area contributed by atoms with Crippen molar-refractivity contribution in [3.8, 4) is 0 Å². The van der Waals surface area contributed by atoms with E-state index in [-0.39, 0.29) is 23.8 Å². The molecule has 168 valence electrons. The zero-order valence-electron chi connectivity index (χ0n) is 18.2. The Morgan fingerprint density at radius 3 is 2.39 bits per heavy atom. The lowest BCUT2D eigenvalue weighted by atomic mass is 10.1. The summed E-state index contributed by atoms with van der Waals surface area (Å²) >= 11 is 0. The molecule has 8 nitrogen and oxygen atoms in total. The molecular formula is C22H29N3O5S. The first-order valence-electron chi connectivity index (χ1n) is 10.1. The summed E-state index contributed by atoms with van der Waals surface area (Å²) in [6.07, 6.45) is 2.69. The first-order chi connectivity index (χ1) is 14.5. The van der Waals surface area contributed by atoms with Crippen LogP contribution in [0.25, 0.3) is 0 Å². The van der Waals surface area contributed by atoms with Gasteiger partial charge in [-0.3, -0.25) is 19.2 Å². The molecule has 2 aromatic rings. The highest BCUT2D eigenvalue weighted by Gasteiger charge is 2.33. The summed E-state index contributed by atoms with van der Waals surface area (Å²) in [6.45, 7) is 5.24. The van der Waals surface area contributed by atoms with E-state index in [1.165, 1.54) is 18.2 Å². The highest BCUT2D eigenvalue weighted by Crippen LogP contribution is 2.30. The van der Waals surface area contributed by atoms with Crippen LogP contribution in [0.15, 0.2) is 48.5 Å². The molecule has 0 aliphatic carbocycles. The number of rotatable bonds is 10. The van der Waals surface area contributed by atoms with E-state index in [4.69, 9.17) is 0 Å². The molecular weight excluding hydrogens is 418 g/mol. The number of sulfonamides is 1. The molecule has 0 unspecified atom stereocenters. The first kappa shape index (κ1) is 24.3. The highest BCUT2D eigenvalue weighted by molar-refractivity contribution is 7.92. The molecule has 0 radical (unpaired) electrons. The summed E-state index contributed by atoms with van der Waals surface area (Å²) in [5, 5.41) is 14.1. The summed E-state index contributed by atoms with van der Waals surface area (Å²) in [5.74, 6) is -0.431. The quantitative estimate of drug-likeness (QED) is 0.442. The van der Waals surface area contributed by atoms with Crippen LogP contribution in [0.5, 0.6) is 0 Å². The van der Waals surface area contributed by atoms with Crippen LogP contribution in [0, 0.1) is 17.0 Å². The van der Waals surface area contributed by atoms with Crippen molar-refractivity contribution in [2.24, 2.45) is 0 Å². The van der Waals surface area contributed by atoms with Crippen LogP contribution in [-0.2, 0) is 21.2 Å². The monoisotopic (exact) mass is 447 g/mol. The summed E-state index contributed by atoms with van der Waals surface area (Å²) in [4.78, 5) is 23.7. The molecule has 0 bridgehead atoms. The van der Waals surface area contributed by atoms with E-state index in [1.54, 1.807) is 13.8 Å². The van der Waals surface area contributed by atoms with Gasteiger partial charge in [0.05, 0.1) is 16.9 Å². The number of benzene rings is 2. The van der Waals surface area contributed by atoms with Crippen molar-refractivity contribution >= 4 is 27.3 Å². The van der Waals surface area contributed by atoms with Gasteiger partial charge < -0.3 is 5.32 Å². The molecule has 2 rings (SSSR count). The van der Waals surface area contributed by atoms with Crippen LogP contribution in [0.3, 0.4) is 0 Å². The maximum absolute atomic E-state index is 13.0.